The van der Waals surface area contributed by atoms with Crippen molar-refractivity contribution in [1.29, 1.82) is 0 Å². The molecule has 2 aromatic carbocycles. The van der Waals surface area contributed by atoms with Crippen LogP contribution in [0.1, 0.15) is 33.6 Å². The van der Waals surface area contributed by atoms with Crippen LogP contribution in [0.5, 0.6) is 5.75 Å². The number of rotatable bonds is 3. The summed E-state index contributed by atoms with van der Waals surface area (Å²) >= 11 is 0. The number of halogens is 1. The molecule has 31 heavy (non-hydrogen) atoms. The second kappa shape index (κ2) is 7.93. The lowest BCUT2D eigenvalue weighted by Gasteiger charge is -2.41. The molecule has 0 saturated carbocycles. The number of sulfonamides is 1. The van der Waals surface area contributed by atoms with Crippen molar-refractivity contribution in [3.63, 3.8) is 0 Å². The largest absolute Gasteiger partial charge is 0.484 e. The average Bonchev–Trinajstić information content (AvgIpc) is 2.91. The molecule has 0 bridgehead atoms. The summed E-state index contributed by atoms with van der Waals surface area (Å²) in [6.45, 7) is 0.853. The van der Waals surface area contributed by atoms with Gasteiger partial charge < -0.3 is 15.0 Å². The molecule has 1 saturated heterocycles. The summed E-state index contributed by atoms with van der Waals surface area (Å²) in [5.41, 5.74) is -0.509. The highest BCUT2D eigenvalue weighted by Gasteiger charge is 2.41. The van der Waals surface area contributed by atoms with E-state index >= 15 is 0 Å². The third kappa shape index (κ3) is 4.00. The van der Waals surface area contributed by atoms with E-state index in [1.807, 2.05) is 0 Å². The molecule has 164 valence electrons. The number of benzene rings is 2. The van der Waals surface area contributed by atoms with Gasteiger partial charge in [-0.2, -0.15) is 0 Å². The van der Waals surface area contributed by atoms with Gasteiger partial charge in [-0.25, -0.2) is 17.5 Å². The molecule has 2 amide bonds. The maximum absolute atomic E-state index is 14.3. The third-order valence-electron chi connectivity index (χ3n) is 5.74. The Labute approximate surface area is 179 Å². The van der Waals surface area contributed by atoms with Gasteiger partial charge in [-0.05, 0) is 37.4 Å². The minimum Gasteiger partial charge on any atom is -0.484 e. The van der Waals surface area contributed by atoms with Gasteiger partial charge in [-0.1, -0.05) is 12.1 Å². The molecule has 1 fully saturated rings. The number of nitrogens with one attached hydrogen (secondary N) is 2. The molecule has 0 atom stereocenters. The average molecular weight is 447 g/mol. The van der Waals surface area contributed by atoms with Crippen LogP contribution in [0.25, 0.3) is 0 Å². The summed E-state index contributed by atoms with van der Waals surface area (Å²) < 4.78 is 46.7. The SMILES string of the molecule is CNS(=O)(=O)c1ccc(F)c(C(=O)N2CCC3(CC2)CNC(=O)c2ccccc2O3)c1. The van der Waals surface area contributed by atoms with E-state index in [9.17, 15) is 22.4 Å². The van der Waals surface area contributed by atoms with Gasteiger partial charge in [0.2, 0.25) is 10.0 Å². The molecule has 0 aliphatic carbocycles. The summed E-state index contributed by atoms with van der Waals surface area (Å²) in [7, 11) is -2.57. The zero-order valence-corrected chi connectivity index (χ0v) is 17.7. The molecule has 0 radical (unpaired) electrons. The lowest BCUT2D eigenvalue weighted by molar-refractivity contribution is 0.00756. The minimum absolute atomic E-state index is 0.181. The molecule has 8 nitrogen and oxygen atoms in total. The number of hydrogen-bond acceptors (Lipinski definition) is 5. The van der Waals surface area contributed by atoms with E-state index in [0.29, 0.717) is 30.7 Å². The number of piperidine rings is 1. The van der Waals surface area contributed by atoms with Gasteiger partial charge in [0, 0.05) is 25.9 Å². The molecular formula is C21H22FN3O5S. The molecule has 1 spiro atoms. The van der Waals surface area contributed by atoms with Crippen molar-refractivity contribution in [2.24, 2.45) is 0 Å². The first-order chi connectivity index (χ1) is 14.7. The molecular weight excluding hydrogens is 425 g/mol. The van der Waals surface area contributed by atoms with Gasteiger partial charge >= 0.3 is 0 Å². The van der Waals surface area contributed by atoms with E-state index in [4.69, 9.17) is 4.74 Å². The molecule has 2 aliphatic heterocycles. The zero-order valence-electron chi connectivity index (χ0n) is 16.9. The van der Waals surface area contributed by atoms with Crippen LogP contribution in [-0.2, 0) is 10.0 Å². The van der Waals surface area contributed by atoms with E-state index in [2.05, 4.69) is 10.0 Å². The second-order valence-electron chi connectivity index (χ2n) is 7.61. The number of carbonyl (C=O) groups is 2. The van der Waals surface area contributed by atoms with Crippen molar-refractivity contribution in [2.45, 2.75) is 23.3 Å². The first kappa shape index (κ1) is 21.3. The molecule has 10 heteroatoms. The Bertz CT molecular complexity index is 1140. The maximum Gasteiger partial charge on any atom is 0.256 e. The highest BCUT2D eigenvalue weighted by atomic mass is 32.2. The maximum atomic E-state index is 14.3. The van der Waals surface area contributed by atoms with Crippen molar-refractivity contribution >= 4 is 21.8 Å². The first-order valence-corrected chi connectivity index (χ1v) is 11.3. The summed E-state index contributed by atoms with van der Waals surface area (Å²) in [5, 5.41) is 2.88. The lowest BCUT2D eigenvalue weighted by Crippen LogP contribution is -2.54. The van der Waals surface area contributed by atoms with Crippen LogP contribution in [0, 0.1) is 5.82 Å². The number of para-hydroxylation sites is 1. The molecule has 4 rings (SSSR count). The van der Waals surface area contributed by atoms with Crippen molar-refractivity contribution in [2.75, 3.05) is 26.7 Å². The zero-order chi connectivity index (χ0) is 22.2. The first-order valence-electron chi connectivity index (χ1n) is 9.83. The quantitative estimate of drug-likeness (QED) is 0.743. The Morgan fingerprint density at radius 2 is 1.90 bits per heavy atom. The van der Waals surface area contributed by atoms with Crippen molar-refractivity contribution in [3.05, 3.63) is 59.4 Å². The van der Waals surface area contributed by atoms with Crippen LogP contribution in [0.3, 0.4) is 0 Å². The number of nitrogens with zero attached hydrogens (tertiary/aromatic N) is 1. The normalized spacial score (nSPS) is 18.0. The molecule has 2 aromatic rings. The number of likely N-dealkylation sites (tertiary alicyclic amines) is 1. The number of carbonyl (C=O) groups excluding carboxylic acids is 2. The lowest BCUT2D eigenvalue weighted by atomic mass is 9.90. The van der Waals surface area contributed by atoms with Crippen molar-refractivity contribution < 1.29 is 27.1 Å². The number of hydrogen-bond donors (Lipinski definition) is 2. The van der Waals surface area contributed by atoms with Crippen LogP contribution >= 0.6 is 0 Å². The molecule has 2 heterocycles. The number of fused-ring (bicyclic) bond motifs is 1. The van der Waals surface area contributed by atoms with Crippen LogP contribution in [0.15, 0.2) is 47.4 Å². The highest BCUT2D eigenvalue weighted by Crippen LogP contribution is 2.33. The molecule has 2 aliphatic rings. The number of amides is 2. The minimum atomic E-state index is -3.81. The fourth-order valence-corrected chi connectivity index (χ4v) is 4.62. The van der Waals surface area contributed by atoms with Gasteiger partial charge in [-0.15, -0.1) is 0 Å². The van der Waals surface area contributed by atoms with Crippen LogP contribution in [0.2, 0.25) is 0 Å². The van der Waals surface area contributed by atoms with Crippen LogP contribution in [-0.4, -0.2) is 57.4 Å². The van der Waals surface area contributed by atoms with Gasteiger partial charge in [0.05, 0.1) is 22.6 Å². The Kier molecular flexibility index (Phi) is 5.44. The van der Waals surface area contributed by atoms with Crippen molar-refractivity contribution in [1.82, 2.24) is 14.9 Å². The third-order valence-corrected chi connectivity index (χ3v) is 7.15. The summed E-state index contributed by atoms with van der Waals surface area (Å²) in [6.07, 6.45) is 0.868. The van der Waals surface area contributed by atoms with Gasteiger partial charge in [0.15, 0.2) is 0 Å². The summed E-state index contributed by atoms with van der Waals surface area (Å²) in [5.74, 6) is -1.09. The van der Waals surface area contributed by atoms with E-state index in [1.165, 1.54) is 11.9 Å². The van der Waals surface area contributed by atoms with Gasteiger partial charge in [-0.3, -0.25) is 9.59 Å². The second-order valence-corrected chi connectivity index (χ2v) is 9.49. The predicted octanol–water partition coefficient (Wildman–Crippen LogP) is 1.53. The van der Waals surface area contributed by atoms with E-state index in [0.717, 1.165) is 18.2 Å². The molecule has 2 N–H and O–H groups in total. The predicted molar refractivity (Wildman–Crippen MR) is 110 cm³/mol. The number of ether oxygens (including phenoxy) is 1. The Morgan fingerprint density at radius 1 is 1.19 bits per heavy atom. The Balaban J connectivity index is 1.53. The van der Waals surface area contributed by atoms with E-state index in [-0.39, 0.29) is 29.5 Å². The van der Waals surface area contributed by atoms with Crippen LogP contribution < -0.4 is 14.8 Å². The monoisotopic (exact) mass is 447 g/mol. The van der Waals surface area contributed by atoms with Gasteiger partial charge in [0.25, 0.3) is 11.8 Å². The van der Waals surface area contributed by atoms with Crippen molar-refractivity contribution in [3.8, 4) is 5.75 Å². The fraction of sp³-hybridized carbons (Fsp3) is 0.333. The molecule has 0 aromatic heterocycles. The smallest absolute Gasteiger partial charge is 0.256 e. The van der Waals surface area contributed by atoms with E-state index < -0.39 is 27.3 Å². The standard InChI is InChI=1S/C21H22FN3O5S/c1-23-31(28,29)14-6-7-17(22)16(12-14)20(27)25-10-8-21(9-11-25)13-24-19(26)15-4-2-3-5-18(15)30-21/h2-7,12,23H,8-11,13H2,1H3,(H,24,26). The Hall–Kier alpha value is -2.98. The fourth-order valence-electron chi connectivity index (χ4n) is 3.87. The van der Waals surface area contributed by atoms with Crippen LogP contribution in [0.4, 0.5) is 4.39 Å². The molecule has 0 unspecified atom stereocenters. The summed E-state index contributed by atoms with van der Waals surface area (Å²) in [6, 6.07) is 10.1. The van der Waals surface area contributed by atoms with E-state index in [1.54, 1.807) is 24.3 Å². The topological polar surface area (TPSA) is 105 Å². The van der Waals surface area contributed by atoms with Gasteiger partial charge in [0.1, 0.15) is 17.2 Å². The Morgan fingerprint density at radius 3 is 2.61 bits per heavy atom. The highest BCUT2D eigenvalue weighted by molar-refractivity contribution is 7.89. The summed E-state index contributed by atoms with van der Waals surface area (Å²) in [4.78, 5) is 26.5.